The summed E-state index contributed by atoms with van der Waals surface area (Å²) in [5.41, 5.74) is 0.419. The van der Waals surface area contributed by atoms with Gasteiger partial charge in [-0.25, -0.2) is 8.42 Å². The number of hydrogen-bond acceptors (Lipinski definition) is 5. The molecule has 8 heteroatoms. The minimum absolute atomic E-state index is 0.263. The van der Waals surface area contributed by atoms with Gasteiger partial charge in [0.25, 0.3) is 10.0 Å². The monoisotopic (exact) mass is 375 g/mol. The molecule has 3 rings (SSSR count). The highest BCUT2D eigenvalue weighted by atomic mass is 79.9. The average molecular weight is 376 g/mol. The number of halogens is 1. The molecule has 0 unspecified atom stereocenters. The van der Waals surface area contributed by atoms with Gasteiger partial charge in [-0.3, -0.25) is 4.72 Å². The maximum absolute atomic E-state index is 12.2. The molecule has 0 aliphatic carbocycles. The third kappa shape index (κ3) is 2.63. The van der Waals surface area contributed by atoms with Crippen LogP contribution in [0.15, 0.2) is 38.3 Å². The van der Waals surface area contributed by atoms with Crippen LogP contribution in [0.25, 0.3) is 0 Å². The Morgan fingerprint density at radius 3 is 2.55 bits per heavy atom. The SMILES string of the molecule is O=S(=O)(Nc1cc2c(cc1Br)OCCO2)c1cccs1. The fraction of sp³-hybridized carbons (Fsp3) is 0.167. The summed E-state index contributed by atoms with van der Waals surface area (Å²) < 4.78 is 38.7. The van der Waals surface area contributed by atoms with Crippen molar-refractivity contribution in [3.8, 4) is 11.5 Å². The lowest BCUT2D eigenvalue weighted by molar-refractivity contribution is 0.171. The standard InChI is InChI=1S/C12H10BrNO4S2/c13-8-6-10-11(18-4-3-17-10)7-9(8)14-20(15,16)12-2-1-5-19-12/h1-2,5-7,14H,3-4H2. The highest BCUT2D eigenvalue weighted by Gasteiger charge is 2.20. The van der Waals surface area contributed by atoms with Gasteiger partial charge in [0.05, 0.1) is 5.69 Å². The first-order chi connectivity index (χ1) is 9.56. The van der Waals surface area contributed by atoms with Crippen LogP contribution >= 0.6 is 27.3 Å². The second kappa shape index (κ2) is 5.27. The number of sulfonamides is 1. The quantitative estimate of drug-likeness (QED) is 0.894. The van der Waals surface area contributed by atoms with Crippen LogP contribution in [0.4, 0.5) is 5.69 Å². The first kappa shape index (κ1) is 13.7. The van der Waals surface area contributed by atoms with Gasteiger partial charge in [-0.15, -0.1) is 11.3 Å². The van der Waals surface area contributed by atoms with E-state index in [1.807, 2.05) is 0 Å². The van der Waals surface area contributed by atoms with E-state index in [2.05, 4.69) is 20.7 Å². The van der Waals surface area contributed by atoms with Crippen molar-refractivity contribution < 1.29 is 17.9 Å². The highest BCUT2D eigenvalue weighted by Crippen LogP contribution is 2.39. The zero-order valence-electron chi connectivity index (χ0n) is 10.1. The number of hydrogen-bond donors (Lipinski definition) is 1. The minimum atomic E-state index is -3.58. The summed E-state index contributed by atoms with van der Waals surface area (Å²) in [5.74, 6) is 1.13. The van der Waals surface area contributed by atoms with Gasteiger partial charge in [0.15, 0.2) is 11.5 Å². The second-order valence-corrected chi connectivity index (χ2v) is 7.72. The Morgan fingerprint density at radius 1 is 1.20 bits per heavy atom. The number of rotatable bonds is 3. The van der Waals surface area contributed by atoms with Crippen LogP contribution in [0.1, 0.15) is 0 Å². The molecule has 1 N–H and O–H groups in total. The lowest BCUT2D eigenvalue weighted by atomic mass is 10.2. The van der Waals surface area contributed by atoms with Gasteiger partial charge in [0.1, 0.15) is 17.4 Å². The summed E-state index contributed by atoms with van der Waals surface area (Å²) in [6.07, 6.45) is 0. The second-order valence-electron chi connectivity index (χ2n) is 4.01. The number of benzene rings is 1. The van der Waals surface area contributed by atoms with E-state index < -0.39 is 10.0 Å². The molecule has 0 amide bonds. The van der Waals surface area contributed by atoms with Crippen LogP contribution < -0.4 is 14.2 Å². The molecule has 1 aliphatic heterocycles. The maximum Gasteiger partial charge on any atom is 0.271 e. The van der Waals surface area contributed by atoms with E-state index in [0.717, 1.165) is 11.3 Å². The molecule has 0 bridgehead atoms. The molecule has 0 atom stereocenters. The van der Waals surface area contributed by atoms with E-state index >= 15 is 0 Å². The van der Waals surface area contributed by atoms with Crippen LogP contribution in [0, 0.1) is 0 Å². The van der Waals surface area contributed by atoms with Gasteiger partial charge < -0.3 is 9.47 Å². The van der Waals surface area contributed by atoms with Crippen molar-refractivity contribution in [3.63, 3.8) is 0 Å². The molecule has 2 aromatic rings. The smallest absolute Gasteiger partial charge is 0.271 e. The molecule has 1 aromatic heterocycles. The fourth-order valence-electron chi connectivity index (χ4n) is 1.75. The van der Waals surface area contributed by atoms with Crippen molar-refractivity contribution in [1.82, 2.24) is 0 Å². The molecular weight excluding hydrogens is 366 g/mol. The summed E-state index contributed by atoms with van der Waals surface area (Å²) >= 11 is 4.49. The Kier molecular flexibility index (Phi) is 3.61. The Labute approximate surface area is 128 Å². The molecule has 0 radical (unpaired) electrons. The zero-order valence-corrected chi connectivity index (χ0v) is 13.3. The van der Waals surface area contributed by atoms with Gasteiger partial charge in [-0.1, -0.05) is 6.07 Å². The van der Waals surface area contributed by atoms with Crippen molar-refractivity contribution in [1.29, 1.82) is 0 Å². The van der Waals surface area contributed by atoms with Crippen LogP contribution in [0.3, 0.4) is 0 Å². The number of ether oxygens (including phenoxy) is 2. The van der Waals surface area contributed by atoms with Crippen LogP contribution in [0.2, 0.25) is 0 Å². The first-order valence-corrected chi connectivity index (χ1v) is 8.87. The van der Waals surface area contributed by atoms with E-state index in [-0.39, 0.29) is 4.21 Å². The van der Waals surface area contributed by atoms with E-state index in [0.29, 0.717) is 34.9 Å². The summed E-state index contributed by atoms with van der Waals surface area (Å²) in [6, 6.07) is 6.56. The molecule has 5 nitrogen and oxygen atoms in total. The topological polar surface area (TPSA) is 64.6 Å². The first-order valence-electron chi connectivity index (χ1n) is 5.72. The molecule has 0 fully saturated rings. The van der Waals surface area contributed by atoms with E-state index in [4.69, 9.17) is 9.47 Å². The van der Waals surface area contributed by atoms with Crippen LogP contribution in [-0.4, -0.2) is 21.6 Å². The number of thiophene rings is 1. The Balaban J connectivity index is 1.95. The summed E-state index contributed by atoms with van der Waals surface area (Å²) in [6.45, 7) is 0.936. The highest BCUT2D eigenvalue weighted by molar-refractivity contribution is 9.10. The van der Waals surface area contributed by atoms with Gasteiger partial charge in [0, 0.05) is 16.6 Å². The minimum Gasteiger partial charge on any atom is -0.486 e. The lowest BCUT2D eigenvalue weighted by Crippen LogP contribution is -2.16. The number of nitrogens with one attached hydrogen (secondary N) is 1. The number of anilines is 1. The van der Waals surface area contributed by atoms with Crippen molar-refractivity contribution in [3.05, 3.63) is 34.1 Å². The zero-order chi connectivity index (χ0) is 14.2. The van der Waals surface area contributed by atoms with E-state index in [9.17, 15) is 8.42 Å². The Morgan fingerprint density at radius 2 is 1.90 bits per heavy atom. The van der Waals surface area contributed by atoms with Crippen LogP contribution in [-0.2, 0) is 10.0 Å². The molecular formula is C12H10BrNO4S2. The summed E-state index contributed by atoms with van der Waals surface area (Å²) in [4.78, 5) is 0. The van der Waals surface area contributed by atoms with E-state index in [1.54, 1.807) is 29.6 Å². The molecule has 0 spiro atoms. The number of fused-ring (bicyclic) bond motifs is 1. The largest absolute Gasteiger partial charge is 0.486 e. The van der Waals surface area contributed by atoms with Crippen LogP contribution in [0.5, 0.6) is 11.5 Å². The molecule has 106 valence electrons. The molecule has 1 aliphatic rings. The summed E-state index contributed by atoms with van der Waals surface area (Å²) in [5, 5.41) is 1.72. The summed E-state index contributed by atoms with van der Waals surface area (Å²) in [7, 11) is -3.58. The van der Waals surface area contributed by atoms with Gasteiger partial charge in [0.2, 0.25) is 0 Å². The third-order valence-electron chi connectivity index (χ3n) is 2.64. The van der Waals surface area contributed by atoms with E-state index in [1.165, 1.54) is 0 Å². The predicted molar refractivity (Wildman–Crippen MR) is 80.3 cm³/mol. The van der Waals surface area contributed by atoms with Gasteiger partial charge in [-0.2, -0.15) is 0 Å². The molecule has 0 saturated heterocycles. The Hall–Kier alpha value is -1.25. The maximum atomic E-state index is 12.2. The van der Waals surface area contributed by atoms with Crippen molar-refractivity contribution >= 4 is 43.0 Å². The van der Waals surface area contributed by atoms with Gasteiger partial charge in [-0.05, 0) is 27.4 Å². The molecule has 2 heterocycles. The molecule has 0 saturated carbocycles. The van der Waals surface area contributed by atoms with Crippen molar-refractivity contribution in [2.45, 2.75) is 4.21 Å². The molecule has 20 heavy (non-hydrogen) atoms. The average Bonchev–Trinajstić information content (AvgIpc) is 2.94. The predicted octanol–water partition coefficient (Wildman–Crippen LogP) is 3.08. The normalized spacial score (nSPS) is 14.1. The Bertz CT molecular complexity index is 728. The third-order valence-corrected chi connectivity index (χ3v) is 6.06. The van der Waals surface area contributed by atoms with Crippen molar-refractivity contribution in [2.24, 2.45) is 0 Å². The lowest BCUT2D eigenvalue weighted by Gasteiger charge is -2.20. The van der Waals surface area contributed by atoms with Crippen molar-refractivity contribution in [2.75, 3.05) is 17.9 Å². The van der Waals surface area contributed by atoms with Gasteiger partial charge >= 0.3 is 0 Å². The molecule has 1 aromatic carbocycles. The fourth-order valence-corrected chi connectivity index (χ4v) is 4.37.